The zero-order valence-corrected chi connectivity index (χ0v) is 24.4. The molecule has 10 heteroatoms. The Hall–Kier alpha value is -3.34. The number of ether oxygens (including phenoxy) is 3. The first-order valence-corrected chi connectivity index (χ1v) is 13.5. The Morgan fingerprint density at radius 1 is 1.03 bits per heavy atom. The summed E-state index contributed by atoms with van der Waals surface area (Å²) in [6.45, 7) is 3.67. The van der Waals surface area contributed by atoms with Gasteiger partial charge >= 0.3 is 0 Å². The topological polar surface area (TPSA) is 77.1 Å². The van der Waals surface area contributed by atoms with E-state index < -0.39 is 0 Å². The number of anilines is 2. The number of amides is 2. The van der Waals surface area contributed by atoms with Crippen LogP contribution in [0.25, 0.3) is 6.08 Å². The molecule has 0 saturated carbocycles. The number of benzene rings is 3. The van der Waals surface area contributed by atoms with E-state index in [1.165, 1.54) is 23.8 Å². The summed E-state index contributed by atoms with van der Waals surface area (Å²) in [4.78, 5) is 27.6. The second kappa shape index (κ2) is 12.0. The fourth-order valence-corrected chi connectivity index (χ4v) is 5.88. The van der Waals surface area contributed by atoms with E-state index in [-0.39, 0.29) is 18.4 Å². The maximum atomic E-state index is 13.1. The molecule has 1 saturated heterocycles. The predicted octanol–water partition coefficient (Wildman–Crippen LogP) is 6.51. The molecule has 1 fully saturated rings. The van der Waals surface area contributed by atoms with Gasteiger partial charge in [0.05, 0.1) is 24.8 Å². The van der Waals surface area contributed by atoms with Crippen molar-refractivity contribution in [3.63, 3.8) is 0 Å². The van der Waals surface area contributed by atoms with Crippen molar-refractivity contribution in [1.29, 1.82) is 0 Å². The highest BCUT2D eigenvalue weighted by Gasteiger charge is 2.33. The van der Waals surface area contributed by atoms with Gasteiger partial charge in [-0.05, 0) is 85.1 Å². The summed E-state index contributed by atoms with van der Waals surface area (Å²) in [7, 11) is 3.10. The fraction of sp³-hybridized carbons (Fsp3) is 0.179. The van der Waals surface area contributed by atoms with Crippen molar-refractivity contribution in [3.8, 4) is 17.2 Å². The number of aryl methyl sites for hydroxylation is 2. The van der Waals surface area contributed by atoms with Crippen molar-refractivity contribution in [3.05, 3.63) is 80.7 Å². The van der Waals surface area contributed by atoms with Crippen LogP contribution < -0.4 is 24.4 Å². The number of carbonyl (C=O) groups excluding carboxylic acids is 2. The molecule has 0 spiro atoms. The monoisotopic (exact) mass is 612 g/mol. The summed E-state index contributed by atoms with van der Waals surface area (Å²) in [5, 5.41) is 2.91. The smallest absolute Gasteiger partial charge is 0.270 e. The highest BCUT2D eigenvalue weighted by Crippen LogP contribution is 2.37. The molecule has 1 heterocycles. The Morgan fingerprint density at radius 2 is 1.71 bits per heavy atom. The van der Waals surface area contributed by atoms with Gasteiger partial charge in [-0.1, -0.05) is 46.0 Å². The van der Waals surface area contributed by atoms with E-state index >= 15 is 0 Å². The minimum atomic E-state index is -0.285. The second-order valence-corrected chi connectivity index (χ2v) is 11.0. The molecule has 0 atom stereocenters. The van der Waals surface area contributed by atoms with Crippen LogP contribution in [0.1, 0.15) is 16.7 Å². The minimum Gasteiger partial charge on any atom is -0.497 e. The summed E-state index contributed by atoms with van der Waals surface area (Å²) >= 11 is 10.1. The summed E-state index contributed by atoms with van der Waals surface area (Å²) in [6.07, 6.45) is 1.75. The SMILES string of the molecule is COc1ccc(N2C(=O)/C(=C/c3ccc(OCC(=O)Nc4c(C)cc(Br)cc4C)c(OC)c3)SC2=S)cc1. The van der Waals surface area contributed by atoms with Gasteiger partial charge < -0.3 is 19.5 Å². The maximum Gasteiger partial charge on any atom is 0.270 e. The van der Waals surface area contributed by atoms with E-state index in [0.717, 1.165) is 26.9 Å². The molecule has 1 aliphatic heterocycles. The van der Waals surface area contributed by atoms with Crippen LogP contribution in [-0.2, 0) is 9.59 Å². The summed E-state index contributed by atoms with van der Waals surface area (Å²) in [6, 6.07) is 16.3. The van der Waals surface area contributed by atoms with E-state index in [0.29, 0.717) is 32.2 Å². The van der Waals surface area contributed by atoms with Crippen LogP contribution >= 0.6 is 39.9 Å². The molecule has 1 N–H and O–H groups in total. The Balaban J connectivity index is 1.45. The Morgan fingerprint density at radius 3 is 2.34 bits per heavy atom. The summed E-state index contributed by atoms with van der Waals surface area (Å²) in [5.41, 5.74) is 4.06. The largest absolute Gasteiger partial charge is 0.497 e. The van der Waals surface area contributed by atoms with Crippen LogP contribution in [-0.4, -0.2) is 37.0 Å². The lowest BCUT2D eigenvalue weighted by Gasteiger charge is -2.15. The van der Waals surface area contributed by atoms with Gasteiger partial charge in [-0.3, -0.25) is 14.5 Å². The number of rotatable bonds is 8. The Kier molecular flexibility index (Phi) is 8.76. The number of methoxy groups -OCH3 is 2. The van der Waals surface area contributed by atoms with Gasteiger partial charge in [0.15, 0.2) is 22.4 Å². The second-order valence-electron chi connectivity index (χ2n) is 8.38. The zero-order valence-electron chi connectivity index (χ0n) is 21.2. The molecular weight excluding hydrogens is 588 g/mol. The summed E-state index contributed by atoms with van der Waals surface area (Å²) < 4.78 is 17.8. The highest BCUT2D eigenvalue weighted by atomic mass is 79.9. The molecule has 0 unspecified atom stereocenters. The maximum absolute atomic E-state index is 13.1. The Bertz CT molecular complexity index is 1420. The number of hydrogen-bond donors (Lipinski definition) is 1. The van der Waals surface area contributed by atoms with Gasteiger partial charge in [0, 0.05) is 10.2 Å². The third-order valence-corrected chi connectivity index (χ3v) is 7.49. The van der Waals surface area contributed by atoms with E-state index in [1.807, 2.05) is 26.0 Å². The van der Waals surface area contributed by atoms with Crippen LogP contribution in [0.3, 0.4) is 0 Å². The van der Waals surface area contributed by atoms with Crippen molar-refractivity contribution in [1.82, 2.24) is 0 Å². The van der Waals surface area contributed by atoms with Crippen molar-refractivity contribution in [2.75, 3.05) is 31.0 Å². The number of nitrogens with zero attached hydrogens (tertiary/aromatic N) is 1. The molecular formula is C28H25BrN2O5S2. The number of hydrogen-bond acceptors (Lipinski definition) is 7. The average molecular weight is 614 g/mol. The molecule has 0 bridgehead atoms. The van der Waals surface area contributed by atoms with Crippen LogP contribution in [0, 0.1) is 13.8 Å². The molecule has 0 aromatic heterocycles. The van der Waals surface area contributed by atoms with Crippen LogP contribution in [0.5, 0.6) is 17.2 Å². The first kappa shape index (κ1) is 27.7. The van der Waals surface area contributed by atoms with Gasteiger partial charge in [-0.15, -0.1) is 0 Å². The molecule has 2 amide bonds. The lowest BCUT2D eigenvalue weighted by molar-refractivity contribution is -0.118. The number of nitrogens with one attached hydrogen (secondary N) is 1. The average Bonchev–Trinajstić information content (AvgIpc) is 3.17. The van der Waals surface area contributed by atoms with Gasteiger partial charge in [0.25, 0.3) is 11.8 Å². The number of carbonyl (C=O) groups is 2. The normalized spacial score (nSPS) is 14.1. The quantitative estimate of drug-likeness (QED) is 0.230. The fourth-order valence-electron chi connectivity index (χ4n) is 3.89. The lowest BCUT2D eigenvalue weighted by atomic mass is 10.1. The van der Waals surface area contributed by atoms with Crippen LogP contribution in [0.15, 0.2) is 64.0 Å². The Labute approximate surface area is 239 Å². The molecule has 38 heavy (non-hydrogen) atoms. The molecule has 7 nitrogen and oxygen atoms in total. The van der Waals surface area contributed by atoms with E-state index in [1.54, 1.807) is 55.7 Å². The molecule has 0 radical (unpaired) electrons. The van der Waals surface area contributed by atoms with Crippen LogP contribution in [0.2, 0.25) is 0 Å². The molecule has 3 aromatic carbocycles. The number of thiocarbonyl (C=S) groups is 1. The first-order chi connectivity index (χ1) is 18.2. The molecule has 4 rings (SSSR count). The van der Waals surface area contributed by atoms with Gasteiger partial charge in [0.2, 0.25) is 0 Å². The van der Waals surface area contributed by atoms with Crippen molar-refractivity contribution >= 4 is 73.5 Å². The molecule has 1 aliphatic rings. The van der Waals surface area contributed by atoms with E-state index in [4.69, 9.17) is 26.4 Å². The van der Waals surface area contributed by atoms with Gasteiger partial charge in [0.1, 0.15) is 5.75 Å². The minimum absolute atomic E-state index is 0.189. The van der Waals surface area contributed by atoms with E-state index in [9.17, 15) is 9.59 Å². The van der Waals surface area contributed by atoms with Crippen molar-refractivity contribution < 1.29 is 23.8 Å². The number of thioether (sulfide) groups is 1. The number of halogens is 1. The third-order valence-electron chi connectivity index (χ3n) is 5.73. The van der Waals surface area contributed by atoms with Crippen molar-refractivity contribution in [2.45, 2.75) is 13.8 Å². The van der Waals surface area contributed by atoms with Gasteiger partial charge in [-0.2, -0.15) is 0 Å². The van der Waals surface area contributed by atoms with Crippen molar-refractivity contribution in [2.24, 2.45) is 0 Å². The molecule has 3 aromatic rings. The lowest BCUT2D eigenvalue weighted by Crippen LogP contribution is -2.27. The van der Waals surface area contributed by atoms with Gasteiger partial charge in [-0.25, -0.2) is 0 Å². The third kappa shape index (κ3) is 6.20. The standard InChI is InChI=1S/C28H25BrN2O5S2/c1-16-11-19(29)12-17(2)26(16)30-25(32)15-36-22-10-5-18(13-23(22)35-4)14-24-27(33)31(28(37)38-24)20-6-8-21(34-3)9-7-20/h5-14H,15H2,1-4H3,(H,30,32)/b24-14-. The van der Waals surface area contributed by atoms with Crippen LogP contribution in [0.4, 0.5) is 11.4 Å². The van der Waals surface area contributed by atoms with E-state index in [2.05, 4.69) is 21.2 Å². The zero-order chi connectivity index (χ0) is 27.4. The molecule has 196 valence electrons. The summed E-state index contributed by atoms with van der Waals surface area (Å²) in [5.74, 6) is 1.05. The predicted molar refractivity (Wildman–Crippen MR) is 159 cm³/mol. The highest BCUT2D eigenvalue weighted by molar-refractivity contribution is 9.10. The molecule has 0 aliphatic carbocycles. The first-order valence-electron chi connectivity index (χ1n) is 11.5.